The van der Waals surface area contributed by atoms with Gasteiger partial charge in [-0.25, -0.2) is 4.98 Å². The molecule has 5 nitrogen and oxygen atoms in total. The van der Waals surface area contributed by atoms with Crippen LogP contribution in [0.2, 0.25) is 0 Å². The molecule has 3 atom stereocenters. The van der Waals surface area contributed by atoms with Crippen LogP contribution in [0.5, 0.6) is 0 Å². The monoisotopic (exact) mass is 344 g/mol. The Morgan fingerprint density at radius 3 is 3.04 bits per heavy atom. The molecule has 0 radical (unpaired) electrons. The summed E-state index contributed by atoms with van der Waals surface area (Å²) in [5.74, 6) is 1.29. The van der Waals surface area contributed by atoms with E-state index >= 15 is 0 Å². The van der Waals surface area contributed by atoms with Gasteiger partial charge in [-0.1, -0.05) is 6.92 Å². The number of aromatic nitrogens is 3. The van der Waals surface area contributed by atoms with Gasteiger partial charge in [0, 0.05) is 43.5 Å². The second kappa shape index (κ2) is 6.31. The van der Waals surface area contributed by atoms with E-state index in [4.69, 9.17) is 4.98 Å². The maximum absolute atomic E-state index is 12.9. The number of likely N-dealkylation sites (tertiary alicyclic amines) is 1. The number of nitrogens with zero attached hydrogens (tertiary/aromatic N) is 4. The predicted molar refractivity (Wildman–Crippen MR) is 94.1 cm³/mol. The third kappa shape index (κ3) is 2.99. The predicted octanol–water partition coefficient (Wildman–Crippen LogP) is 2.95. The summed E-state index contributed by atoms with van der Waals surface area (Å²) in [5, 5.41) is 7.61. The van der Waals surface area contributed by atoms with E-state index in [1.165, 1.54) is 16.3 Å². The van der Waals surface area contributed by atoms with Crippen molar-refractivity contribution in [3.05, 3.63) is 34.0 Å². The van der Waals surface area contributed by atoms with E-state index in [0.717, 1.165) is 38.8 Å². The van der Waals surface area contributed by atoms with Crippen LogP contribution in [0.3, 0.4) is 0 Å². The van der Waals surface area contributed by atoms with Crippen molar-refractivity contribution in [1.29, 1.82) is 0 Å². The van der Waals surface area contributed by atoms with Crippen LogP contribution in [0, 0.1) is 5.92 Å². The van der Waals surface area contributed by atoms with Crippen LogP contribution in [0.1, 0.15) is 54.3 Å². The van der Waals surface area contributed by atoms with Gasteiger partial charge < -0.3 is 4.90 Å². The molecule has 4 rings (SSSR count). The summed E-state index contributed by atoms with van der Waals surface area (Å²) in [4.78, 5) is 19.7. The van der Waals surface area contributed by atoms with Gasteiger partial charge in [-0.05, 0) is 37.2 Å². The number of carbonyl (C=O) groups is 1. The molecule has 1 amide bonds. The fourth-order valence-electron chi connectivity index (χ4n) is 3.75. The Morgan fingerprint density at radius 2 is 2.33 bits per heavy atom. The minimum absolute atomic E-state index is 0.162. The van der Waals surface area contributed by atoms with Crippen molar-refractivity contribution < 1.29 is 4.79 Å². The first kappa shape index (κ1) is 15.8. The molecule has 3 heterocycles. The van der Waals surface area contributed by atoms with Gasteiger partial charge >= 0.3 is 0 Å². The zero-order valence-electron chi connectivity index (χ0n) is 14.3. The molecule has 128 valence electrons. The van der Waals surface area contributed by atoms with Gasteiger partial charge in [0.15, 0.2) is 0 Å². The molecule has 2 aromatic rings. The van der Waals surface area contributed by atoms with E-state index in [0.29, 0.717) is 17.7 Å². The van der Waals surface area contributed by atoms with Gasteiger partial charge in [0.25, 0.3) is 0 Å². The summed E-state index contributed by atoms with van der Waals surface area (Å²) in [6, 6.07) is 0. The molecule has 2 fully saturated rings. The summed E-state index contributed by atoms with van der Waals surface area (Å²) >= 11 is 1.76. The molecule has 24 heavy (non-hydrogen) atoms. The molecule has 0 aromatic carbocycles. The number of carbonyl (C=O) groups excluding carboxylic acids is 1. The first-order valence-corrected chi connectivity index (χ1v) is 9.75. The lowest BCUT2D eigenvalue weighted by Crippen LogP contribution is -2.40. The highest BCUT2D eigenvalue weighted by Crippen LogP contribution is 2.48. The molecule has 1 saturated heterocycles. The van der Waals surface area contributed by atoms with Crippen molar-refractivity contribution in [3.63, 3.8) is 0 Å². The maximum Gasteiger partial charge on any atom is 0.226 e. The lowest BCUT2D eigenvalue weighted by molar-refractivity contribution is -0.133. The summed E-state index contributed by atoms with van der Waals surface area (Å²) in [7, 11) is 1.93. The number of hydrogen-bond donors (Lipinski definition) is 0. The molecule has 0 N–H and O–H groups in total. The molecule has 6 heteroatoms. The third-order valence-electron chi connectivity index (χ3n) is 5.27. The van der Waals surface area contributed by atoms with Crippen LogP contribution in [0.15, 0.2) is 17.8 Å². The standard InChI is InChI=1S/C18H24N4OS/c1-3-14-11-24-17(20-14)12-5-4-6-22(10-12)18(23)16-7-15(16)13-8-19-21(2)9-13/h8-9,11-12,15-16H,3-7,10H2,1-2H3/t12-,15+,16+/m1/s1. The van der Waals surface area contributed by atoms with Gasteiger partial charge in [-0.3, -0.25) is 9.48 Å². The van der Waals surface area contributed by atoms with Crippen LogP contribution >= 0.6 is 11.3 Å². The number of piperidine rings is 1. The highest BCUT2D eigenvalue weighted by Gasteiger charge is 2.47. The summed E-state index contributed by atoms with van der Waals surface area (Å²) in [6.07, 6.45) is 8.14. The lowest BCUT2D eigenvalue weighted by Gasteiger charge is -2.32. The average molecular weight is 344 g/mol. The number of aryl methyl sites for hydroxylation is 2. The van der Waals surface area contributed by atoms with Crippen molar-refractivity contribution in [2.75, 3.05) is 13.1 Å². The van der Waals surface area contributed by atoms with E-state index in [1.807, 2.05) is 24.1 Å². The van der Waals surface area contributed by atoms with E-state index in [2.05, 4.69) is 22.3 Å². The second-order valence-corrected chi connectivity index (χ2v) is 7.94. The van der Waals surface area contributed by atoms with Crippen LogP contribution in [-0.2, 0) is 18.3 Å². The van der Waals surface area contributed by atoms with Gasteiger partial charge in [0.1, 0.15) is 0 Å². The normalized spacial score (nSPS) is 26.6. The topological polar surface area (TPSA) is 51.0 Å². The maximum atomic E-state index is 12.9. The van der Waals surface area contributed by atoms with Crippen LogP contribution in [0.25, 0.3) is 0 Å². The highest BCUT2D eigenvalue weighted by molar-refractivity contribution is 7.09. The van der Waals surface area contributed by atoms with Gasteiger partial charge in [0.2, 0.25) is 5.91 Å². The summed E-state index contributed by atoms with van der Waals surface area (Å²) < 4.78 is 1.82. The Labute approximate surface area is 146 Å². The van der Waals surface area contributed by atoms with Gasteiger partial charge in [-0.15, -0.1) is 11.3 Å². The van der Waals surface area contributed by atoms with E-state index in [-0.39, 0.29) is 5.92 Å². The van der Waals surface area contributed by atoms with Crippen molar-refractivity contribution in [2.24, 2.45) is 13.0 Å². The van der Waals surface area contributed by atoms with Crippen molar-refractivity contribution >= 4 is 17.2 Å². The molecule has 0 spiro atoms. The van der Waals surface area contributed by atoms with Crippen LogP contribution in [-0.4, -0.2) is 38.7 Å². The Hall–Kier alpha value is -1.69. The molecule has 1 aliphatic heterocycles. The third-order valence-corrected chi connectivity index (χ3v) is 6.33. The van der Waals surface area contributed by atoms with E-state index < -0.39 is 0 Å². The number of thiazole rings is 1. The molecule has 1 saturated carbocycles. The molecule has 0 bridgehead atoms. The largest absolute Gasteiger partial charge is 0.342 e. The number of rotatable bonds is 4. The average Bonchev–Trinajstić information content (AvgIpc) is 3.04. The molecular weight excluding hydrogens is 320 g/mol. The molecule has 1 aliphatic carbocycles. The fourth-order valence-corrected chi connectivity index (χ4v) is 4.78. The second-order valence-electron chi connectivity index (χ2n) is 7.05. The number of hydrogen-bond acceptors (Lipinski definition) is 4. The zero-order valence-corrected chi connectivity index (χ0v) is 15.1. The summed E-state index contributed by atoms with van der Waals surface area (Å²) in [6.45, 7) is 3.88. The van der Waals surface area contributed by atoms with Crippen molar-refractivity contribution in [2.45, 2.75) is 44.4 Å². The van der Waals surface area contributed by atoms with E-state index in [1.54, 1.807) is 11.3 Å². The lowest BCUT2D eigenvalue weighted by atomic mass is 9.98. The minimum Gasteiger partial charge on any atom is -0.342 e. The van der Waals surface area contributed by atoms with Crippen LogP contribution < -0.4 is 0 Å². The summed E-state index contributed by atoms with van der Waals surface area (Å²) in [5.41, 5.74) is 2.38. The first-order chi connectivity index (χ1) is 11.7. The molecule has 2 aromatic heterocycles. The quantitative estimate of drug-likeness (QED) is 0.857. The Bertz CT molecular complexity index is 737. The molecule has 0 unspecified atom stereocenters. The molecule has 2 aliphatic rings. The fraction of sp³-hybridized carbons (Fsp3) is 0.611. The minimum atomic E-state index is 0.162. The number of amides is 1. The van der Waals surface area contributed by atoms with E-state index in [9.17, 15) is 4.79 Å². The Kier molecular flexibility index (Phi) is 4.16. The smallest absolute Gasteiger partial charge is 0.226 e. The van der Waals surface area contributed by atoms with Gasteiger partial charge in [-0.2, -0.15) is 5.10 Å². The first-order valence-electron chi connectivity index (χ1n) is 8.87. The van der Waals surface area contributed by atoms with Crippen molar-refractivity contribution in [3.8, 4) is 0 Å². The van der Waals surface area contributed by atoms with Gasteiger partial charge in [0.05, 0.1) is 16.9 Å². The Morgan fingerprint density at radius 1 is 1.46 bits per heavy atom. The SMILES string of the molecule is CCc1csc([C@@H]2CCCN(C(=O)[C@H]3C[C@H]3c3cnn(C)c3)C2)n1. The Balaban J connectivity index is 1.40. The van der Waals surface area contributed by atoms with Crippen LogP contribution in [0.4, 0.5) is 0 Å². The molecular formula is C18H24N4OS. The zero-order chi connectivity index (χ0) is 16.7. The van der Waals surface area contributed by atoms with Crippen molar-refractivity contribution in [1.82, 2.24) is 19.7 Å². The highest BCUT2D eigenvalue weighted by atomic mass is 32.1.